The fourth-order valence-corrected chi connectivity index (χ4v) is 1.66. The van der Waals surface area contributed by atoms with Crippen LogP contribution in [-0.2, 0) is 0 Å². The molecule has 0 aliphatic rings. The average Bonchev–Trinajstić information content (AvgIpc) is 2.41. The summed E-state index contributed by atoms with van der Waals surface area (Å²) in [6.45, 7) is 0. The number of rotatable bonds is 4. The van der Waals surface area contributed by atoms with Crippen LogP contribution in [0.1, 0.15) is 0 Å². The summed E-state index contributed by atoms with van der Waals surface area (Å²) in [4.78, 5) is 12.0. The van der Waals surface area contributed by atoms with Gasteiger partial charge in [0.05, 0.1) is 12.8 Å². The minimum atomic E-state index is -0.417. The number of hydrogen-bond donors (Lipinski definition) is 2. The highest BCUT2D eigenvalue weighted by atomic mass is 79.9. The second kappa shape index (κ2) is 5.79. The molecule has 0 aliphatic heterocycles. The van der Waals surface area contributed by atoms with Crippen LogP contribution >= 0.6 is 15.9 Å². The van der Waals surface area contributed by atoms with Gasteiger partial charge in [-0.05, 0) is 18.2 Å². The van der Waals surface area contributed by atoms with E-state index in [0.717, 1.165) is 0 Å². The van der Waals surface area contributed by atoms with Crippen LogP contribution in [-0.4, -0.2) is 29.1 Å². The maximum Gasteiger partial charge on any atom is 0.322 e. The zero-order chi connectivity index (χ0) is 13.8. The van der Waals surface area contributed by atoms with Crippen molar-refractivity contribution in [2.45, 2.75) is 0 Å². The first-order valence-corrected chi connectivity index (χ1v) is 6.11. The van der Waals surface area contributed by atoms with Gasteiger partial charge in [-0.25, -0.2) is 4.39 Å². The van der Waals surface area contributed by atoms with Gasteiger partial charge in [0.1, 0.15) is 5.82 Å². The topological polar surface area (TPSA) is 72.0 Å². The number of benzene rings is 1. The molecule has 2 N–H and O–H groups in total. The standard InChI is InChI=1S/C11H11BrFN5O/c1-14-9-16-10(18-11(17-9)19-2)15-8-4-3-6(12)5-7(8)13/h3-5H,1-2H3,(H2,14,15,16,17,18). The van der Waals surface area contributed by atoms with Gasteiger partial charge >= 0.3 is 6.01 Å². The lowest BCUT2D eigenvalue weighted by Crippen LogP contribution is -2.06. The SMILES string of the molecule is CNc1nc(Nc2ccc(Br)cc2F)nc(OC)n1. The summed E-state index contributed by atoms with van der Waals surface area (Å²) in [6.07, 6.45) is 0. The molecule has 0 spiro atoms. The maximum absolute atomic E-state index is 13.7. The normalized spacial score (nSPS) is 10.1. The van der Waals surface area contributed by atoms with Crippen molar-refractivity contribution in [2.24, 2.45) is 0 Å². The zero-order valence-corrected chi connectivity index (χ0v) is 11.8. The molecule has 0 fully saturated rings. The summed E-state index contributed by atoms with van der Waals surface area (Å²) in [7, 11) is 3.11. The van der Waals surface area contributed by atoms with Crippen molar-refractivity contribution < 1.29 is 9.13 Å². The molecule has 0 unspecified atom stereocenters. The lowest BCUT2D eigenvalue weighted by atomic mass is 10.3. The van der Waals surface area contributed by atoms with Crippen LogP contribution in [0.15, 0.2) is 22.7 Å². The van der Waals surface area contributed by atoms with Crippen LogP contribution in [0, 0.1) is 5.82 Å². The minimum Gasteiger partial charge on any atom is -0.467 e. The molecule has 0 radical (unpaired) electrons. The first-order valence-electron chi connectivity index (χ1n) is 5.32. The first kappa shape index (κ1) is 13.5. The van der Waals surface area contributed by atoms with Gasteiger partial charge in [-0.15, -0.1) is 0 Å². The summed E-state index contributed by atoms with van der Waals surface area (Å²) < 4.78 is 19.3. The van der Waals surface area contributed by atoms with E-state index in [0.29, 0.717) is 10.4 Å². The molecule has 0 amide bonds. The van der Waals surface area contributed by atoms with Crippen molar-refractivity contribution in [3.63, 3.8) is 0 Å². The van der Waals surface area contributed by atoms with Crippen LogP contribution in [0.4, 0.5) is 22.0 Å². The molecule has 1 heterocycles. The van der Waals surface area contributed by atoms with E-state index in [-0.39, 0.29) is 17.6 Å². The van der Waals surface area contributed by atoms with Crippen molar-refractivity contribution in [1.29, 1.82) is 0 Å². The lowest BCUT2D eigenvalue weighted by Gasteiger charge is -2.08. The fraction of sp³-hybridized carbons (Fsp3) is 0.182. The van der Waals surface area contributed by atoms with Crippen molar-refractivity contribution >= 4 is 33.5 Å². The molecule has 2 rings (SSSR count). The van der Waals surface area contributed by atoms with Gasteiger partial charge in [0.2, 0.25) is 11.9 Å². The Balaban J connectivity index is 2.31. The molecule has 0 saturated heterocycles. The van der Waals surface area contributed by atoms with Crippen molar-refractivity contribution in [2.75, 3.05) is 24.8 Å². The van der Waals surface area contributed by atoms with Crippen molar-refractivity contribution in [1.82, 2.24) is 15.0 Å². The Kier molecular flexibility index (Phi) is 4.10. The molecule has 19 heavy (non-hydrogen) atoms. The predicted octanol–water partition coefficient (Wildman–Crippen LogP) is 2.57. The largest absolute Gasteiger partial charge is 0.467 e. The molecule has 0 aliphatic carbocycles. The smallest absolute Gasteiger partial charge is 0.322 e. The Morgan fingerprint density at radius 1 is 1.21 bits per heavy atom. The van der Waals surface area contributed by atoms with E-state index in [2.05, 4.69) is 41.5 Å². The molecule has 6 nitrogen and oxygen atoms in total. The second-order valence-corrected chi connectivity index (χ2v) is 4.38. The zero-order valence-electron chi connectivity index (χ0n) is 10.2. The monoisotopic (exact) mass is 327 g/mol. The molecule has 2 aromatic rings. The fourth-order valence-electron chi connectivity index (χ4n) is 1.33. The number of methoxy groups -OCH3 is 1. The van der Waals surface area contributed by atoms with E-state index < -0.39 is 5.82 Å². The lowest BCUT2D eigenvalue weighted by molar-refractivity contribution is 0.379. The van der Waals surface area contributed by atoms with Gasteiger partial charge in [0.15, 0.2) is 0 Å². The van der Waals surface area contributed by atoms with Gasteiger partial charge < -0.3 is 15.4 Å². The molecule has 8 heteroatoms. The molecule has 100 valence electrons. The molecule has 1 aromatic carbocycles. The van der Waals surface area contributed by atoms with Crippen LogP contribution in [0.5, 0.6) is 6.01 Å². The third-order valence-electron chi connectivity index (χ3n) is 2.20. The van der Waals surface area contributed by atoms with E-state index in [1.165, 1.54) is 13.2 Å². The summed E-state index contributed by atoms with van der Waals surface area (Å²) >= 11 is 3.19. The number of ether oxygens (including phenoxy) is 1. The number of halogens is 2. The Bertz CT molecular complexity index is 573. The second-order valence-electron chi connectivity index (χ2n) is 3.47. The van der Waals surface area contributed by atoms with Crippen LogP contribution < -0.4 is 15.4 Å². The van der Waals surface area contributed by atoms with E-state index in [9.17, 15) is 4.39 Å². The van der Waals surface area contributed by atoms with E-state index >= 15 is 0 Å². The summed E-state index contributed by atoms with van der Waals surface area (Å²) in [5.41, 5.74) is 0.263. The number of anilines is 3. The average molecular weight is 328 g/mol. The van der Waals surface area contributed by atoms with Crippen LogP contribution in [0.3, 0.4) is 0 Å². The van der Waals surface area contributed by atoms with Crippen molar-refractivity contribution in [3.8, 4) is 6.01 Å². The van der Waals surface area contributed by atoms with E-state index in [4.69, 9.17) is 4.74 Å². The summed E-state index contributed by atoms with van der Waals surface area (Å²) in [5, 5.41) is 5.54. The number of nitrogens with zero attached hydrogens (tertiary/aromatic N) is 3. The molecule has 1 aromatic heterocycles. The van der Waals surface area contributed by atoms with Crippen LogP contribution in [0.2, 0.25) is 0 Å². The van der Waals surface area contributed by atoms with Crippen LogP contribution in [0.25, 0.3) is 0 Å². The summed E-state index contributed by atoms with van der Waals surface area (Å²) in [6, 6.07) is 4.77. The highest BCUT2D eigenvalue weighted by molar-refractivity contribution is 9.10. The Morgan fingerprint density at radius 2 is 1.95 bits per heavy atom. The summed E-state index contributed by atoms with van der Waals surface area (Å²) in [5.74, 6) is 0.101. The van der Waals surface area contributed by atoms with Crippen molar-refractivity contribution in [3.05, 3.63) is 28.5 Å². The molecule has 0 bridgehead atoms. The highest BCUT2D eigenvalue weighted by Gasteiger charge is 2.08. The van der Waals surface area contributed by atoms with Gasteiger partial charge in [0.25, 0.3) is 0 Å². The highest BCUT2D eigenvalue weighted by Crippen LogP contribution is 2.22. The van der Waals surface area contributed by atoms with Gasteiger partial charge in [-0.1, -0.05) is 15.9 Å². The van der Waals surface area contributed by atoms with Gasteiger partial charge in [0, 0.05) is 11.5 Å². The Labute approximate surface area is 117 Å². The maximum atomic E-state index is 13.7. The molecule has 0 atom stereocenters. The predicted molar refractivity (Wildman–Crippen MR) is 73.3 cm³/mol. The number of hydrogen-bond acceptors (Lipinski definition) is 6. The van der Waals surface area contributed by atoms with E-state index in [1.54, 1.807) is 19.2 Å². The number of aromatic nitrogens is 3. The van der Waals surface area contributed by atoms with E-state index in [1.807, 2.05) is 0 Å². The Morgan fingerprint density at radius 3 is 2.58 bits per heavy atom. The first-order chi connectivity index (χ1) is 9.12. The third kappa shape index (κ3) is 3.28. The minimum absolute atomic E-state index is 0.138. The molecule has 0 saturated carbocycles. The Hall–Kier alpha value is -1.96. The van der Waals surface area contributed by atoms with Gasteiger partial charge in [-0.2, -0.15) is 15.0 Å². The third-order valence-corrected chi connectivity index (χ3v) is 2.69. The molecular weight excluding hydrogens is 317 g/mol. The quantitative estimate of drug-likeness (QED) is 0.899. The number of nitrogens with one attached hydrogen (secondary N) is 2. The molecular formula is C11H11BrFN5O. The van der Waals surface area contributed by atoms with Gasteiger partial charge in [-0.3, -0.25) is 0 Å².